The van der Waals surface area contributed by atoms with Gasteiger partial charge in [0.15, 0.2) is 5.96 Å². The first-order chi connectivity index (χ1) is 11.2. The smallest absolute Gasteiger partial charge is 0.193 e. The van der Waals surface area contributed by atoms with Gasteiger partial charge in [0, 0.05) is 32.7 Å². The highest BCUT2D eigenvalue weighted by Gasteiger charge is 2.39. The van der Waals surface area contributed by atoms with Crippen molar-refractivity contribution in [2.24, 2.45) is 16.3 Å². The van der Waals surface area contributed by atoms with Crippen molar-refractivity contribution in [1.82, 2.24) is 15.1 Å². The predicted molar refractivity (Wildman–Crippen MR) is 97.9 cm³/mol. The molecule has 1 atom stereocenters. The van der Waals surface area contributed by atoms with Crippen molar-refractivity contribution in [3.8, 4) is 0 Å². The number of nitrogens with one attached hydrogen (secondary N) is 1. The van der Waals surface area contributed by atoms with E-state index < -0.39 is 0 Å². The molecular weight excluding hydrogens is 284 g/mol. The van der Waals surface area contributed by atoms with Crippen LogP contribution in [0.5, 0.6) is 0 Å². The van der Waals surface area contributed by atoms with Gasteiger partial charge in [-0.15, -0.1) is 0 Å². The second-order valence-electron chi connectivity index (χ2n) is 7.97. The van der Waals surface area contributed by atoms with Crippen LogP contribution in [-0.4, -0.2) is 61.6 Å². The van der Waals surface area contributed by atoms with Crippen LogP contribution in [0.15, 0.2) is 4.99 Å². The standard InChI is InChI=1S/C19H36N4/c1-3-20-18(21-14-17-8-12-22(4-2)15-17)23-13-11-19(16-23)9-6-5-7-10-19/h17H,3-16H2,1-2H3,(H,20,21). The van der Waals surface area contributed by atoms with E-state index in [0.717, 1.165) is 19.0 Å². The molecule has 4 heteroatoms. The van der Waals surface area contributed by atoms with Gasteiger partial charge in [0.25, 0.3) is 0 Å². The Labute approximate surface area is 142 Å². The average molecular weight is 321 g/mol. The Hall–Kier alpha value is -0.770. The number of aliphatic imine (C=N–C) groups is 1. The van der Waals surface area contributed by atoms with Crippen molar-refractivity contribution >= 4 is 5.96 Å². The molecule has 3 aliphatic rings. The van der Waals surface area contributed by atoms with Crippen LogP contribution in [-0.2, 0) is 0 Å². The summed E-state index contributed by atoms with van der Waals surface area (Å²) in [6, 6.07) is 0. The molecule has 132 valence electrons. The molecule has 1 saturated carbocycles. The first-order valence-corrected chi connectivity index (χ1v) is 10.0. The van der Waals surface area contributed by atoms with Gasteiger partial charge in [0.05, 0.1) is 0 Å². The number of hydrogen-bond donors (Lipinski definition) is 1. The molecule has 0 bridgehead atoms. The minimum atomic E-state index is 0.612. The average Bonchev–Trinajstić information content (AvgIpc) is 3.20. The van der Waals surface area contributed by atoms with Crippen LogP contribution in [0.2, 0.25) is 0 Å². The molecule has 0 radical (unpaired) electrons. The Kier molecular flexibility index (Phi) is 5.84. The lowest BCUT2D eigenvalue weighted by Gasteiger charge is -2.33. The van der Waals surface area contributed by atoms with Crippen LogP contribution >= 0.6 is 0 Å². The van der Waals surface area contributed by atoms with E-state index in [1.807, 2.05) is 0 Å². The van der Waals surface area contributed by atoms with Gasteiger partial charge in [0.1, 0.15) is 0 Å². The lowest BCUT2D eigenvalue weighted by Crippen LogP contribution is -2.42. The third-order valence-electron chi connectivity index (χ3n) is 6.30. The zero-order valence-electron chi connectivity index (χ0n) is 15.3. The monoisotopic (exact) mass is 320 g/mol. The summed E-state index contributed by atoms with van der Waals surface area (Å²) in [5.41, 5.74) is 0.612. The van der Waals surface area contributed by atoms with Gasteiger partial charge in [-0.2, -0.15) is 0 Å². The van der Waals surface area contributed by atoms with E-state index in [9.17, 15) is 0 Å². The van der Waals surface area contributed by atoms with Gasteiger partial charge in [-0.1, -0.05) is 26.2 Å². The van der Waals surface area contributed by atoms with E-state index in [-0.39, 0.29) is 0 Å². The van der Waals surface area contributed by atoms with Crippen molar-refractivity contribution in [3.05, 3.63) is 0 Å². The summed E-state index contributed by atoms with van der Waals surface area (Å²) in [5, 5.41) is 3.56. The molecule has 1 unspecified atom stereocenters. The maximum Gasteiger partial charge on any atom is 0.193 e. The second-order valence-corrected chi connectivity index (χ2v) is 7.97. The Morgan fingerprint density at radius 2 is 1.96 bits per heavy atom. The molecular formula is C19H36N4. The van der Waals surface area contributed by atoms with Gasteiger partial charge in [-0.05, 0) is 57.0 Å². The van der Waals surface area contributed by atoms with E-state index in [1.165, 1.54) is 83.6 Å². The molecule has 2 aliphatic heterocycles. The highest BCUT2D eigenvalue weighted by molar-refractivity contribution is 5.80. The predicted octanol–water partition coefficient (Wildman–Crippen LogP) is 2.95. The van der Waals surface area contributed by atoms with Crippen LogP contribution in [0.1, 0.15) is 58.8 Å². The number of rotatable bonds is 4. The summed E-state index contributed by atoms with van der Waals surface area (Å²) in [5.74, 6) is 1.94. The molecule has 0 aromatic rings. The highest BCUT2D eigenvalue weighted by Crippen LogP contribution is 2.43. The zero-order chi connectivity index (χ0) is 16.1. The summed E-state index contributed by atoms with van der Waals surface area (Å²) in [7, 11) is 0. The summed E-state index contributed by atoms with van der Waals surface area (Å²) in [6.07, 6.45) is 9.91. The molecule has 0 aromatic heterocycles. The zero-order valence-corrected chi connectivity index (χ0v) is 15.3. The van der Waals surface area contributed by atoms with Crippen LogP contribution in [0.3, 0.4) is 0 Å². The molecule has 1 N–H and O–H groups in total. The summed E-state index contributed by atoms with van der Waals surface area (Å²) in [6.45, 7) is 12.6. The Morgan fingerprint density at radius 3 is 2.65 bits per heavy atom. The molecule has 0 aromatic carbocycles. The summed E-state index contributed by atoms with van der Waals surface area (Å²) < 4.78 is 0. The Morgan fingerprint density at radius 1 is 1.13 bits per heavy atom. The number of likely N-dealkylation sites (tertiary alicyclic amines) is 2. The fraction of sp³-hybridized carbons (Fsp3) is 0.947. The van der Waals surface area contributed by atoms with Crippen molar-refractivity contribution in [2.45, 2.75) is 58.8 Å². The summed E-state index contributed by atoms with van der Waals surface area (Å²) >= 11 is 0. The number of nitrogens with zero attached hydrogens (tertiary/aromatic N) is 3. The SMILES string of the molecule is CCNC(=NCC1CCN(CC)C1)N1CCC2(CCCCC2)C1. The lowest BCUT2D eigenvalue weighted by molar-refractivity contribution is 0.203. The molecule has 1 aliphatic carbocycles. The first-order valence-electron chi connectivity index (χ1n) is 10.0. The maximum atomic E-state index is 5.03. The fourth-order valence-corrected chi connectivity index (χ4v) is 4.82. The summed E-state index contributed by atoms with van der Waals surface area (Å²) in [4.78, 5) is 10.1. The number of guanidine groups is 1. The van der Waals surface area contributed by atoms with Gasteiger partial charge in [0.2, 0.25) is 0 Å². The third-order valence-corrected chi connectivity index (χ3v) is 6.30. The Balaban J connectivity index is 1.57. The van der Waals surface area contributed by atoms with Gasteiger partial charge in [-0.25, -0.2) is 0 Å². The van der Waals surface area contributed by atoms with Gasteiger partial charge < -0.3 is 15.1 Å². The molecule has 3 rings (SSSR count). The minimum Gasteiger partial charge on any atom is -0.357 e. The Bertz CT molecular complexity index is 400. The van der Waals surface area contributed by atoms with Gasteiger partial charge in [-0.3, -0.25) is 4.99 Å². The molecule has 23 heavy (non-hydrogen) atoms. The van der Waals surface area contributed by atoms with Crippen LogP contribution in [0, 0.1) is 11.3 Å². The van der Waals surface area contributed by atoms with Crippen molar-refractivity contribution in [2.75, 3.05) is 45.8 Å². The second kappa shape index (κ2) is 7.87. The lowest BCUT2D eigenvalue weighted by atomic mass is 9.73. The minimum absolute atomic E-state index is 0.612. The first kappa shape index (κ1) is 17.1. The van der Waals surface area contributed by atoms with E-state index in [1.54, 1.807) is 0 Å². The topological polar surface area (TPSA) is 30.9 Å². The van der Waals surface area contributed by atoms with Crippen LogP contribution in [0.4, 0.5) is 0 Å². The molecule has 1 spiro atoms. The van der Waals surface area contributed by atoms with Crippen molar-refractivity contribution in [1.29, 1.82) is 0 Å². The van der Waals surface area contributed by atoms with E-state index in [0.29, 0.717) is 5.41 Å². The molecule has 3 fully saturated rings. The third kappa shape index (κ3) is 4.20. The molecule has 2 heterocycles. The van der Waals surface area contributed by atoms with E-state index in [2.05, 4.69) is 29.0 Å². The normalized spacial score (nSPS) is 28.7. The van der Waals surface area contributed by atoms with Crippen LogP contribution < -0.4 is 5.32 Å². The maximum absolute atomic E-state index is 5.03. The number of hydrogen-bond acceptors (Lipinski definition) is 2. The van der Waals surface area contributed by atoms with Crippen molar-refractivity contribution in [3.63, 3.8) is 0 Å². The van der Waals surface area contributed by atoms with E-state index >= 15 is 0 Å². The van der Waals surface area contributed by atoms with Crippen molar-refractivity contribution < 1.29 is 0 Å². The highest BCUT2D eigenvalue weighted by atomic mass is 15.3. The van der Waals surface area contributed by atoms with Gasteiger partial charge >= 0.3 is 0 Å². The molecule has 2 saturated heterocycles. The molecule has 4 nitrogen and oxygen atoms in total. The van der Waals surface area contributed by atoms with Crippen LogP contribution in [0.25, 0.3) is 0 Å². The fourth-order valence-electron chi connectivity index (χ4n) is 4.82. The largest absolute Gasteiger partial charge is 0.357 e. The molecule has 0 amide bonds. The quantitative estimate of drug-likeness (QED) is 0.638. The van der Waals surface area contributed by atoms with E-state index in [4.69, 9.17) is 4.99 Å².